The molecule has 0 aliphatic carbocycles. The molecule has 0 amide bonds. The Balaban J connectivity index is 0.000000115. The lowest BCUT2D eigenvalue weighted by Crippen LogP contribution is -2.62. The summed E-state index contributed by atoms with van der Waals surface area (Å²) in [4.78, 5) is 27.6. The number of fused-ring (bicyclic) bond motifs is 2. The molecule has 4 atom stereocenters. The SMILES string of the molecule is O=C1CN2C3CC(O)CC2CC1C3.O=C1CN2C3CC(O)CC2CC1C3. The van der Waals surface area contributed by atoms with E-state index in [9.17, 15) is 19.8 Å². The number of hydrogen-bond donors (Lipinski definition) is 2. The molecule has 4 unspecified atom stereocenters. The number of aliphatic hydroxyl groups excluding tert-OH is 2. The van der Waals surface area contributed by atoms with E-state index in [2.05, 4.69) is 9.80 Å². The van der Waals surface area contributed by atoms with Gasteiger partial charge in [0, 0.05) is 36.0 Å². The van der Waals surface area contributed by atoms with Gasteiger partial charge < -0.3 is 10.2 Å². The van der Waals surface area contributed by atoms with Gasteiger partial charge >= 0.3 is 0 Å². The van der Waals surface area contributed by atoms with Crippen molar-refractivity contribution in [1.29, 1.82) is 0 Å². The Morgan fingerprint density at radius 1 is 0.577 bits per heavy atom. The molecule has 8 fully saturated rings. The summed E-state index contributed by atoms with van der Waals surface area (Å²) >= 11 is 0. The van der Waals surface area contributed by atoms with Crippen molar-refractivity contribution in [2.45, 2.75) is 87.7 Å². The molecule has 8 saturated heterocycles. The van der Waals surface area contributed by atoms with Crippen LogP contribution in [-0.4, -0.2) is 81.0 Å². The van der Waals surface area contributed by atoms with Crippen LogP contribution in [0.4, 0.5) is 0 Å². The molecular formula is C20H30N2O4. The smallest absolute Gasteiger partial charge is 0.150 e. The molecule has 2 N–H and O–H groups in total. The van der Waals surface area contributed by atoms with Gasteiger partial charge in [0.2, 0.25) is 0 Å². The largest absolute Gasteiger partial charge is 0.393 e. The van der Waals surface area contributed by atoms with Gasteiger partial charge in [0.1, 0.15) is 11.6 Å². The van der Waals surface area contributed by atoms with Crippen molar-refractivity contribution in [2.24, 2.45) is 11.8 Å². The summed E-state index contributed by atoms with van der Waals surface area (Å²) in [6.07, 6.45) is 7.36. The second-order valence-corrected chi connectivity index (χ2v) is 9.48. The van der Waals surface area contributed by atoms with Gasteiger partial charge in [-0.05, 0) is 51.4 Å². The van der Waals surface area contributed by atoms with Crippen molar-refractivity contribution in [3.05, 3.63) is 0 Å². The molecule has 8 aliphatic heterocycles. The zero-order chi connectivity index (χ0) is 18.0. The van der Waals surface area contributed by atoms with E-state index in [1.54, 1.807) is 0 Å². The average molecular weight is 362 g/mol. The quantitative estimate of drug-likeness (QED) is 0.647. The molecule has 6 nitrogen and oxygen atoms in total. The van der Waals surface area contributed by atoms with Gasteiger partial charge in [-0.15, -0.1) is 0 Å². The third-order valence-corrected chi connectivity index (χ3v) is 7.87. The average Bonchev–Trinajstić information content (AvgIpc) is 2.55. The zero-order valence-corrected chi connectivity index (χ0v) is 15.3. The van der Waals surface area contributed by atoms with Crippen LogP contribution in [0.3, 0.4) is 0 Å². The van der Waals surface area contributed by atoms with E-state index in [-0.39, 0.29) is 12.2 Å². The minimum absolute atomic E-state index is 0.111. The highest BCUT2D eigenvalue weighted by Crippen LogP contribution is 2.42. The van der Waals surface area contributed by atoms with Crippen LogP contribution in [-0.2, 0) is 9.59 Å². The molecule has 0 aromatic rings. The van der Waals surface area contributed by atoms with Crippen LogP contribution in [0.5, 0.6) is 0 Å². The number of hydrogen-bond acceptors (Lipinski definition) is 6. The van der Waals surface area contributed by atoms with Crippen molar-refractivity contribution in [3.63, 3.8) is 0 Å². The summed E-state index contributed by atoms with van der Waals surface area (Å²) in [7, 11) is 0. The highest BCUT2D eigenvalue weighted by molar-refractivity contribution is 5.85. The second-order valence-electron chi connectivity index (χ2n) is 9.48. The van der Waals surface area contributed by atoms with Gasteiger partial charge in [-0.25, -0.2) is 0 Å². The van der Waals surface area contributed by atoms with Crippen molar-refractivity contribution in [2.75, 3.05) is 13.1 Å². The number of Topliss-reactive ketones (excluding diaryl/α,β-unsaturated/α-hetero) is 2. The molecule has 8 bridgehead atoms. The van der Waals surface area contributed by atoms with Gasteiger partial charge in [0.15, 0.2) is 0 Å². The Kier molecular flexibility index (Phi) is 4.23. The van der Waals surface area contributed by atoms with Crippen LogP contribution in [0.15, 0.2) is 0 Å². The Morgan fingerprint density at radius 3 is 1.15 bits per heavy atom. The van der Waals surface area contributed by atoms with Crippen LogP contribution in [0.2, 0.25) is 0 Å². The predicted molar refractivity (Wildman–Crippen MR) is 94.5 cm³/mol. The molecule has 6 heteroatoms. The number of aliphatic hydroxyl groups is 2. The van der Waals surface area contributed by atoms with Crippen LogP contribution in [0.1, 0.15) is 51.4 Å². The molecule has 144 valence electrons. The Morgan fingerprint density at radius 2 is 0.885 bits per heavy atom. The van der Waals surface area contributed by atoms with E-state index in [1.807, 2.05) is 0 Å². The molecule has 0 spiro atoms. The van der Waals surface area contributed by atoms with E-state index >= 15 is 0 Å². The van der Waals surface area contributed by atoms with E-state index in [4.69, 9.17) is 0 Å². The number of rotatable bonds is 0. The zero-order valence-electron chi connectivity index (χ0n) is 15.3. The Bertz CT molecular complexity index is 527. The molecule has 8 heterocycles. The Labute approximate surface area is 154 Å². The van der Waals surface area contributed by atoms with Gasteiger partial charge in [-0.3, -0.25) is 19.4 Å². The maximum atomic E-state index is 11.5. The lowest BCUT2D eigenvalue weighted by atomic mass is 9.72. The molecule has 26 heavy (non-hydrogen) atoms. The molecular weight excluding hydrogens is 332 g/mol. The van der Waals surface area contributed by atoms with E-state index in [0.717, 1.165) is 51.4 Å². The second kappa shape index (κ2) is 6.36. The fourth-order valence-corrected chi connectivity index (χ4v) is 6.68. The van der Waals surface area contributed by atoms with Gasteiger partial charge in [0.05, 0.1) is 25.3 Å². The Hall–Kier alpha value is -0.820. The molecule has 0 radical (unpaired) electrons. The maximum absolute atomic E-state index is 11.5. The molecule has 0 aromatic heterocycles. The fraction of sp³-hybridized carbons (Fsp3) is 0.900. The standard InChI is InChI=1S/2C10H15NO2/c2*12-9-3-7-1-6-2-8(4-9)11(7)5-10(6)13/h2*6-9,12H,1-5H2. The first-order valence-corrected chi connectivity index (χ1v) is 10.4. The van der Waals surface area contributed by atoms with Crippen molar-refractivity contribution in [1.82, 2.24) is 9.80 Å². The normalized spacial score (nSPS) is 53.9. The number of carbonyl (C=O) groups is 2. The minimum Gasteiger partial charge on any atom is -0.393 e. The van der Waals surface area contributed by atoms with Crippen LogP contribution in [0, 0.1) is 11.8 Å². The van der Waals surface area contributed by atoms with Crippen molar-refractivity contribution in [3.8, 4) is 0 Å². The third-order valence-electron chi connectivity index (χ3n) is 7.87. The van der Waals surface area contributed by atoms with Crippen molar-refractivity contribution >= 4 is 11.6 Å². The number of nitrogens with zero attached hydrogens (tertiary/aromatic N) is 2. The summed E-state index contributed by atoms with van der Waals surface area (Å²) in [5, 5.41) is 19.2. The molecule has 0 aromatic carbocycles. The maximum Gasteiger partial charge on any atom is 0.150 e. The molecule has 8 rings (SSSR count). The molecule has 0 saturated carbocycles. The summed E-state index contributed by atoms with van der Waals surface area (Å²) in [6, 6.07) is 2.02. The number of piperidine rings is 8. The molecule has 8 aliphatic rings. The number of carbonyl (C=O) groups excluding carboxylic acids is 2. The summed E-state index contributed by atoms with van der Waals surface area (Å²) in [6.45, 7) is 1.32. The van der Waals surface area contributed by atoms with E-state index in [0.29, 0.717) is 60.7 Å². The number of ketones is 2. The summed E-state index contributed by atoms with van der Waals surface area (Å²) < 4.78 is 0. The van der Waals surface area contributed by atoms with Crippen LogP contribution >= 0.6 is 0 Å². The highest BCUT2D eigenvalue weighted by atomic mass is 16.3. The van der Waals surface area contributed by atoms with Crippen LogP contribution < -0.4 is 0 Å². The summed E-state index contributed by atoms with van der Waals surface area (Å²) in [5.74, 6) is 1.52. The topological polar surface area (TPSA) is 81.1 Å². The van der Waals surface area contributed by atoms with Gasteiger partial charge in [-0.2, -0.15) is 0 Å². The summed E-state index contributed by atoms with van der Waals surface area (Å²) in [5.41, 5.74) is 0. The van der Waals surface area contributed by atoms with Gasteiger partial charge in [-0.1, -0.05) is 0 Å². The van der Waals surface area contributed by atoms with Crippen molar-refractivity contribution < 1.29 is 19.8 Å². The first kappa shape index (κ1) is 17.3. The lowest BCUT2D eigenvalue weighted by Gasteiger charge is -2.53. The first-order valence-electron chi connectivity index (χ1n) is 10.4. The fourth-order valence-electron chi connectivity index (χ4n) is 6.68. The van der Waals surface area contributed by atoms with Gasteiger partial charge in [0.25, 0.3) is 0 Å². The van der Waals surface area contributed by atoms with E-state index in [1.165, 1.54) is 0 Å². The van der Waals surface area contributed by atoms with E-state index < -0.39 is 0 Å². The monoisotopic (exact) mass is 362 g/mol. The van der Waals surface area contributed by atoms with Crippen LogP contribution in [0.25, 0.3) is 0 Å². The predicted octanol–water partition coefficient (Wildman–Crippen LogP) is 0.346. The minimum atomic E-state index is -0.111. The third kappa shape index (κ3) is 2.86. The first-order chi connectivity index (χ1) is 12.5. The highest BCUT2D eigenvalue weighted by Gasteiger charge is 2.49. The lowest BCUT2D eigenvalue weighted by molar-refractivity contribution is -0.145.